The van der Waals surface area contributed by atoms with Gasteiger partial charge in [0.25, 0.3) is 5.75 Å². The number of aromatic hydroxyl groups is 1. The second-order valence-corrected chi connectivity index (χ2v) is 8.55. The lowest BCUT2D eigenvalue weighted by molar-refractivity contribution is -0.137. The summed E-state index contributed by atoms with van der Waals surface area (Å²) in [4.78, 5) is 16.7. The van der Waals surface area contributed by atoms with Crippen LogP contribution in [-0.2, 0) is 17.6 Å². The molecular formula is C23H23FNO3S+. The molecule has 6 heteroatoms. The lowest BCUT2D eigenvalue weighted by Crippen LogP contribution is -2.03. The lowest BCUT2D eigenvalue weighted by Gasteiger charge is -2.09. The Kier molecular flexibility index (Phi) is 5.62. The van der Waals surface area contributed by atoms with Crippen molar-refractivity contribution in [1.82, 2.24) is 4.98 Å². The third-order valence-corrected chi connectivity index (χ3v) is 6.44. The number of carboxylic acid groups (broad SMARTS) is 1. The summed E-state index contributed by atoms with van der Waals surface area (Å²) in [5.74, 6) is 0.0368. The van der Waals surface area contributed by atoms with Crippen LogP contribution in [0.2, 0.25) is 0 Å². The largest absolute Gasteiger partial charge is 0.582 e. The highest BCUT2D eigenvalue weighted by molar-refractivity contribution is 7.15. The van der Waals surface area contributed by atoms with E-state index in [-0.39, 0.29) is 18.2 Å². The van der Waals surface area contributed by atoms with Crippen LogP contribution in [0.4, 0.5) is 4.39 Å². The van der Waals surface area contributed by atoms with E-state index in [0.29, 0.717) is 23.6 Å². The first-order valence-electron chi connectivity index (χ1n) is 9.74. The normalized spacial score (nSPS) is 15.3. The Balaban J connectivity index is 1.39. The van der Waals surface area contributed by atoms with Gasteiger partial charge in [0.05, 0.1) is 18.5 Å². The van der Waals surface area contributed by atoms with Crippen molar-refractivity contribution in [2.24, 2.45) is 0 Å². The smallest absolute Gasteiger partial charge is 0.303 e. The number of rotatable bonds is 7. The first-order valence-corrected chi connectivity index (χ1v) is 10.6. The Morgan fingerprint density at radius 2 is 2.14 bits per heavy atom. The number of aliphatic carboxylic acids is 1. The van der Waals surface area contributed by atoms with E-state index in [4.69, 9.17) is 5.11 Å². The van der Waals surface area contributed by atoms with Crippen LogP contribution >= 0.6 is 11.3 Å². The molecule has 1 heterocycles. The lowest BCUT2D eigenvalue weighted by atomic mass is 9.98. The highest BCUT2D eigenvalue weighted by atomic mass is 32.1. The number of fused-ring (bicyclic) bond motifs is 1. The topological polar surface area (TPSA) is 63.0 Å². The van der Waals surface area contributed by atoms with Gasteiger partial charge in [-0.2, -0.15) is 0 Å². The third kappa shape index (κ3) is 4.32. The zero-order valence-electron chi connectivity index (χ0n) is 16.2. The number of benzene rings is 2. The Hall–Kier alpha value is -2.73. The Morgan fingerprint density at radius 3 is 2.93 bits per heavy atom. The number of aliphatic hydroxyl groups is 1. The fourth-order valence-electron chi connectivity index (χ4n) is 3.91. The van der Waals surface area contributed by atoms with Gasteiger partial charge in [-0.3, -0.25) is 4.79 Å². The number of aryl methyl sites for hydroxylation is 2. The van der Waals surface area contributed by atoms with E-state index in [2.05, 4.69) is 15.8 Å². The maximum Gasteiger partial charge on any atom is 0.303 e. The standard InChI is InChI=1S/C23H22FNO3S/c1-14-21(25-23(29-14)19-4-2-3-5-20(19)24)10-11-28-17-8-9-18-15(12-17)6-7-16(18)13-22(26)27/h2-5,8-9,12,16H,6-7,10-11,13H2,1H3,(H,26,27)/p+1/t16-/m0/s1. The molecule has 1 atom stereocenters. The molecule has 0 spiro atoms. The second kappa shape index (κ2) is 8.33. The van der Waals surface area contributed by atoms with E-state index in [1.54, 1.807) is 12.1 Å². The number of hydrogen-bond donors (Lipinski definition) is 1. The second-order valence-electron chi connectivity index (χ2n) is 7.35. The molecule has 4 rings (SSSR count). The van der Waals surface area contributed by atoms with Gasteiger partial charge in [0.15, 0.2) is 6.61 Å². The summed E-state index contributed by atoms with van der Waals surface area (Å²) >= 11 is 1.51. The van der Waals surface area contributed by atoms with Crippen molar-refractivity contribution in [2.75, 3.05) is 6.61 Å². The number of carbonyl (C=O) groups is 1. The van der Waals surface area contributed by atoms with E-state index >= 15 is 0 Å². The third-order valence-electron chi connectivity index (χ3n) is 5.39. The number of hydrogen-bond acceptors (Lipinski definition) is 3. The minimum Gasteiger partial charge on any atom is -0.582 e. The predicted molar refractivity (Wildman–Crippen MR) is 112 cm³/mol. The Labute approximate surface area is 173 Å². The number of thiazole rings is 1. The first-order chi connectivity index (χ1) is 14.0. The summed E-state index contributed by atoms with van der Waals surface area (Å²) in [6, 6.07) is 12.8. The van der Waals surface area contributed by atoms with E-state index in [1.807, 2.05) is 25.1 Å². The molecule has 2 aromatic carbocycles. The van der Waals surface area contributed by atoms with Gasteiger partial charge in [0, 0.05) is 22.6 Å². The number of aromatic nitrogens is 1. The highest BCUT2D eigenvalue weighted by Crippen LogP contribution is 2.37. The Morgan fingerprint density at radius 1 is 1.31 bits per heavy atom. The van der Waals surface area contributed by atoms with Crippen LogP contribution in [0.15, 0.2) is 42.5 Å². The number of halogens is 1. The fraction of sp³-hybridized carbons (Fsp3) is 0.304. The van der Waals surface area contributed by atoms with Crippen molar-refractivity contribution in [1.29, 1.82) is 0 Å². The van der Waals surface area contributed by atoms with E-state index in [1.165, 1.54) is 23.0 Å². The van der Waals surface area contributed by atoms with Crippen molar-refractivity contribution in [3.63, 3.8) is 0 Å². The van der Waals surface area contributed by atoms with Gasteiger partial charge in [-0.05, 0) is 55.0 Å². The SMILES string of the molecule is Cc1sc(-c2ccccc2F)nc1CC[OH+]c1ccc2c(c1)CC[C@H]2CC(=O)O. The van der Waals surface area contributed by atoms with E-state index < -0.39 is 5.97 Å². The van der Waals surface area contributed by atoms with Crippen LogP contribution in [0.1, 0.15) is 40.5 Å². The van der Waals surface area contributed by atoms with Crippen molar-refractivity contribution in [2.45, 2.75) is 38.5 Å². The molecule has 0 radical (unpaired) electrons. The van der Waals surface area contributed by atoms with Crippen molar-refractivity contribution in [3.8, 4) is 16.3 Å². The quantitative estimate of drug-likeness (QED) is 0.540. The molecule has 0 amide bonds. The van der Waals surface area contributed by atoms with Gasteiger partial charge in [-0.1, -0.05) is 12.1 Å². The molecule has 0 saturated carbocycles. The molecule has 1 aliphatic rings. The summed E-state index contributed by atoms with van der Waals surface area (Å²) in [6.45, 7) is 2.62. The average Bonchev–Trinajstić information content (AvgIpc) is 3.25. The summed E-state index contributed by atoms with van der Waals surface area (Å²) < 4.78 is 18.7. The minimum absolute atomic E-state index is 0.117. The predicted octanol–water partition coefficient (Wildman–Crippen LogP) is 5.25. The molecule has 3 aromatic rings. The highest BCUT2D eigenvalue weighted by Gasteiger charge is 2.25. The van der Waals surface area contributed by atoms with Crippen LogP contribution in [-0.4, -0.2) is 27.4 Å². The summed E-state index contributed by atoms with van der Waals surface area (Å²) in [5.41, 5.74) is 3.86. The number of carboxylic acids is 1. The molecule has 0 saturated heterocycles. The van der Waals surface area contributed by atoms with Crippen molar-refractivity contribution >= 4 is 17.3 Å². The van der Waals surface area contributed by atoms with Crippen molar-refractivity contribution in [3.05, 3.63) is 70.0 Å². The molecule has 0 fully saturated rings. The van der Waals surface area contributed by atoms with Crippen LogP contribution < -0.4 is 0 Å². The van der Waals surface area contributed by atoms with Gasteiger partial charge in [0.2, 0.25) is 0 Å². The summed E-state index contributed by atoms with van der Waals surface area (Å²) in [5, 5.41) is 9.75. The molecule has 0 aliphatic heterocycles. The molecule has 29 heavy (non-hydrogen) atoms. The zero-order valence-corrected chi connectivity index (χ0v) is 17.0. The molecule has 0 bridgehead atoms. The van der Waals surface area contributed by atoms with Crippen LogP contribution in [0.25, 0.3) is 10.6 Å². The van der Waals surface area contributed by atoms with Gasteiger partial charge >= 0.3 is 5.97 Å². The van der Waals surface area contributed by atoms with Gasteiger partial charge in [0.1, 0.15) is 10.8 Å². The molecule has 150 valence electrons. The zero-order chi connectivity index (χ0) is 20.4. The summed E-state index contributed by atoms with van der Waals surface area (Å²) in [7, 11) is 0. The molecule has 0 unspecified atom stereocenters. The fourth-order valence-corrected chi connectivity index (χ4v) is 4.90. The van der Waals surface area contributed by atoms with E-state index in [0.717, 1.165) is 34.7 Å². The maximum absolute atomic E-state index is 14.0. The molecule has 4 nitrogen and oxygen atoms in total. The van der Waals surface area contributed by atoms with Crippen LogP contribution in [0, 0.1) is 12.7 Å². The van der Waals surface area contributed by atoms with Crippen LogP contribution in [0.3, 0.4) is 0 Å². The number of nitrogens with zero attached hydrogens (tertiary/aromatic N) is 1. The van der Waals surface area contributed by atoms with Crippen molar-refractivity contribution < 1.29 is 19.0 Å². The molecular weight excluding hydrogens is 389 g/mol. The van der Waals surface area contributed by atoms with Gasteiger partial charge < -0.3 is 9.84 Å². The molecule has 1 aliphatic carbocycles. The average molecular weight is 413 g/mol. The molecule has 2 N–H and O–H groups in total. The molecule has 1 aromatic heterocycles. The van der Waals surface area contributed by atoms with Crippen LogP contribution in [0.5, 0.6) is 5.75 Å². The first kappa shape index (κ1) is 19.6. The number of ether oxygens (including phenoxy) is 1. The van der Waals surface area contributed by atoms with Gasteiger partial charge in [-0.15, -0.1) is 11.3 Å². The monoisotopic (exact) mass is 412 g/mol. The summed E-state index contributed by atoms with van der Waals surface area (Å²) in [6.07, 6.45) is 2.70. The minimum atomic E-state index is -0.745. The maximum atomic E-state index is 14.0. The Bertz CT molecular complexity index is 1050. The van der Waals surface area contributed by atoms with E-state index in [9.17, 15) is 9.18 Å². The van der Waals surface area contributed by atoms with Gasteiger partial charge in [-0.25, -0.2) is 9.37 Å².